The molecule has 33 heavy (non-hydrogen) atoms. The first-order valence-electron chi connectivity index (χ1n) is 10.1. The predicted octanol–water partition coefficient (Wildman–Crippen LogP) is 2.58. The highest BCUT2D eigenvalue weighted by Gasteiger charge is 2.49. The molecule has 0 saturated carbocycles. The van der Waals surface area contributed by atoms with Crippen LogP contribution in [0.4, 0.5) is 13.6 Å². The third kappa shape index (κ3) is 4.19. The van der Waals surface area contributed by atoms with Crippen molar-refractivity contribution in [3.8, 4) is 5.69 Å². The van der Waals surface area contributed by atoms with Gasteiger partial charge in [-0.1, -0.05) is 24.3 Å². The number of carbonyl (C=O) groups excluding carboxylic acids is 3. The van der Waals surface area contributed by atoms with E-state index in [-0.39, 0.29) is 12.1 Å². The minimum Gasteiger partial charge on any atom is -0.340 e. The summed E-state index contributed by atoms with van der Waals surface area (Å²) in [7, 11) is 1.55. The molecular formula is C23H21F2N5O3. The van der Waals surface area contributed by atoms with Crippen molar-refractivity contribution in [1.82, 2.24) is 24.9 Å². The van der Waals surface area contributed by atoms with Crippen LogP contribution in [0.1, 0.15) is 18.1 Å². The second-order valence-corrected chi connectivity index (χ2v) is 7.95. The molecule has 4 rings (SSSR count). The van der Waals surface area contributed by atoms with Gasteiger partial charge in [0.1, 0.15) is 12.1 Å². The standard InChI is InChI=1S/C23H21F2N5O3/c1-23(16-8-9-18(24)19(25)10-16)21(32)29(22(33)27-23)14-20(31)28(2)12-15-11-26-30(13-15)17-6-4-3-5-7-17/h3-11,13H,12,14H2,1-2H3,(H,27,33). The van der Waals surface area contributed by atoms with Gasteiger partial charge in [-0.2, -0.15) is 5.10 Å². The van der Waals surface area contributed by atoms with E-state index in [1.165, 1.54) is 17.9 Å². The number of urea groups is 1. The molecule has 0 spiro atoms. The molecule has 1 aromatic heterocycles. The number of hydrogen-bond donors (Lipinski definition) is 1. The molecule has 1 N–H and O–H groups in total. The molecule has 1 fully saturated rings. The van der Waals surface area contributed by atoms with Gasteiger partial charge >= 0.3 is 6.03 Å². The van der Waals surface area contributed by atoms with E-state index in [9.17, 15) is 23.2 Å². The fourth-order valence-electron chi connectivity index (χ4n) is 3.63. The fourth-order valence-corrected chi connectivity index (χ4v) is 3.63. The lowest BCUT2D eigenvalue weighted by Gasteiger charge is -2.23. The maximum Gasteiger partial charge on any atom is 0.325 e. The Balaban J connectivity index is 1.43. The first-order valence-corrected chi connectivity index (χ1v) is 10.1. The van der Waals surface area contributed by atoms with E-state index < -0.39 is 41.6 Å². The third-order valence-corrected chi connectivity index (χ3v) is 5.57. The third-order valence-electron chi connectivity index (χ3n) is 5.57. The molecule has 2 heterocycles. The molecule has 3 aromatic rings. The van der Waals surface area contributed by atoms with Crippen LogP contribution in [0.25, 0.3) is 5.69 Å². The zero-order valence-corrected chi connectivity index (χ0v) is 18.0. The highest BCUT2D eigenvalue weighted by Crippen LogP contribution is 2.29. The Morgan fingerprint density at radius 3 is 2.55 bits per heavy atom. The maximum absolute atomic E-state index is 13.7. The quantitative estimate of drug-likeness (QED) is 0.582. The Morgan fingerprint density at radius 2 is 1.85 bits per heavy atom. The number of nitrogens with zero attached hydrogens (tertiary/aromatic N) is 4. The van der Waals surface area contributed by atoms with E-state index in [1.54, 1.807) is 24.1 Å². The minimum atomic E-state index is -1.61. The van der Waals surface area contributed by atoms with Crippen LogP contribution in [0.3, 0.4) is 0 Å². The lowest BCUT2D eigenvalue weighted by atomic mass is 9.92. The summed E-state index contributed by atoms with van der Waals surface area (Å²) in [5.41, 5.74) is 0.102. The normalized spacial score (nSPS) is 17.9. The Bertz CT molecular complexity index is 1230. The number of halogens is 2. The van der Waals surface area contributed by atoms with Crippen LogP contribution in [-0.2, 0) is 21.7 Å². The smallest absolute Gasteiger partial charge is 0.325 e. The summed E-state index contributed by atoms with van der Waals surface area (Å²) in [6, 6.07) is 11.6. The average Bonchev–Trinajstić information content (AvgIpc) is 3.35. The van der Waals surface area contributed by atoms with Crippen LogP contribution in [0, 0.1) is 11.6 Å². The second-order valence-electron chi connectivity index (χ2n) is 7.95. The number of carbonyl (C=O) groups is 3. The summed E-state index contributed by atoms with van der Waals surface area (Å²) < 4.78 is 28.6. The van der Waals surface area contributed by atoms with Gasteiger partial charge < -0.3 is 10.2 Å². The summed E-state index contributed by atoms with van der Waals surface area (Å²) in [6.45, 7) is 1.11. The molecule has 1 saturated heterocycles. The first kappa shape index (κ1) is 22.1. The van der Waals surface area contributed by atoms with Crippen molar-refractivity contribution in [2.24, 2.45) is 0 Å². The lowest BCUT2D eigenvalue weighted by Crippen LogP contribution is -2.43. The van der Waals surface area contributed by atoms with Crippen molar-refractivity contribution in [2.45, 2.75) is 19.0 Å². The van der Waals surface area contributed by atoms with Crippen LogP contribution < -0.4 is 5.32 Å². The summed E-state index contributed by atoms with van der Waals surface area (Å²) in [5, 5.41) is 6.76. The van der Waals surface area contributed by atoms with E-state index >= 15 is 0 Å². The van der Waals surface area contributed by atoms with E-state index in [0.717, 1.165) is 28.3 Å². The average molecular weight is 453 g/mol. The van der Waals surface area contributed by atoms with Crippen molar-refractivity contribution in [3.63, 3.8) is 0 Å². The monoisotopic (exact) mass is 453 g/mol. The summed E-state index contributed by atoms with van der Waals surface area (Å²) in [6.07, 6.45) is 3.41. The maximum atomic E-state index is 13.7. The van der Waals surface area contributed by atoms with Crippen molar-refractivity contribution < 1.29 is 23.2 Å². The number of nitrogens with one attached hydrogen (secondary N) is 1. The lowest BCUT2D eigenvalue weighted by molar-refractivity contribution is -0.138. The van der Waals surface area contributed by atoms with Crippen LogP contribution in [0.5, 0.6) is 0 Å². The highest BCUT2D eigenvalue weighted by atomic mass is 19.2. The molecule has 0 aliphatic carbocycles. The molecule has 4 amide bonds. The van der Waals surface area contributed by atoms with E-state index in [2.05, 4.69) is 10.4 Å². The second kappa shape index (κ2) is 8.45. The number of rotatable bonds is 6. The van der Waals surface area contributed by atoms with Gasteiger partial charge in [0.15, 0.2) is 11.6 Å². The highest BCUT2D eigenvalue weighted by molar-refractivity contribution is 6.09. The molecular weight excluding hydrogens is 432 g/mol. The number of likely N-dealkylation sites (N-methyl/N-ethyl adjacent to an activating group) is 1. The number of imide groups is 1. The van der Waals surface area contributed by atoms with Crippen molar-refractivity contribution in [2.75, 3.05) is 13.6 Å². The molecule has 8 nitrogen and oxygen atoms in total. The molecule has 0 bridgehead atoms. The molecule has 1 unspecified atom stereocenters. The van der Waals surface area contributed by atoms with Gasteiger partial charge in [0, 0.05) is 25.4 Å². The molecule has 1 aliphatic rings. The SMILES string of the molecule is CN(Cc1cnn(-c2ccccc2)c1)C(=O)CN1C(=O)NC(C)(c2ccc(F)c(F)c2)C1=O. The number of amides is 4. The van der Waals surface area contributed by atoms with E-state index in [1.807, 2.05) is 30.3 Å². The van der Waals surface area contributed by atoms with E-state index in [0.29, 0.717) is 0 Å². The zero-order valence-electron chi connectivity index (χ0n) is 18.0. The topological polar surface area (TPSA) is 87.5 Å². The molecule has 0 radical (unpaired) electrons. The summed E-state index contributed by atoms with van der Waals surface area (Å²) in [4.78, 5) is 40.3. The van der Waals surface area contributed by atoms with Crippen LogP contribution in [0.15, 0.2) is 60.9 Å². The summed E-state index contributed by atoms with van der Waals surface area (Å²) >= 11 is 0. The summed E-state index contributed by atoms with van der Waals surface area (Å²) in [5.74, 6) is -3.40. The number of para-hydroxylation sites is 1. The van der Waals surface area contributed by atoms with Gasteiger partial charge in [-0.15, -0.1) is 0 Å². The zero-order chi connectivity index (χ0) is 23.8. The van der Waals surface area contributed by atoms with Crippen molar-refractivity contribution in [1.29, 1.82) is 0 Å². The first-order chi connectivity index (χ1) is 15.7. The minimum absolute atomic E-state index is 0.0800. The number of aromatic nitrogens is 2. The fraction of sp³-hybridized carbons (Fsp3) is 0.217. The molecule has 1 aliphatic heterocycles. The molecule has 1 atom stereocenters. The van der Waals surface area contributed by atoms with Gasteiger partial charge in [-0.3, -0.25) is 14.5 Å². The van der Waals surface area contributed by atoms with Gasteiger partial charge in [0.2, 0.25) is 5.91 Å². The Morgan fingerprint density at radius 1 is 1.12 bits per heavy atom. The molecule has 10 heteroatoms. The van der Waals surface area contributed by atoms with Crippen molar-refractivity contribution in [3.05, 3.63) is 83.7 Å². The Labute approximate surface area is 188 Å². The largest absolute Gasteiger partial charge is 0.340 e. The predicted molar refractivity (Wildman–Crippen MR) is 114 cm³/mol. The number of benzene rings is 2. The van der Waals surface area contributed by atoms with Crippen LogP contribution >= 0.6 is 0 Å². The van der Waals surface area contributed by atoms with Crippen LogP contribution in [-0.4, -0.2) is 51.0 Å². The molecule has 170 valence electrons. The van der Waals surface area contributed by atoms with Gasteiger partial charge in [-0.25, -0.2) is 18.3 Å². The Hall–Kier alpha value is -4.08. The van der Waals surface area contributed by atoms with Gasteiger partial charge in [-0.05, 0) is 36.8 Å². The molecule has 2 aromatic carbocycles. The van der Waals surface area contributed by atoms with Crippen molar-refractivity contribution >= 4 is 17.8 Å². The van der Waals surface area contributed by atoms with Crippen LogP contribution in [0.2, 0.25) is 0 Å². The van der Waals surface area contributed by atoms with Gasteiger partial charge in [0.05, 0.1) is 11.9 Å². The number of hydrogen-bond acceptors (Lipinski definition) is 4. The van der Waals surface area contributed by atoms with E-state index in [4.69, 9.17) is 0 Å². The van der Waals surface area contributed by atoms with Gasteiger partial charge in [0.25, 0.3) is 5.91 Å². The Kier molecular flexibility index (Phi) is 5.67.